The lowest BCUT2D eigenvalue weighted by atomic mass is 10.2. The minimum atomic E-state index is -4.23. The van der Waals surface area contributed by atoms with Crippen molar-refractivity contribution in [2.24, 2.45) is 0 Å². The summed E-state index contributed by atoms with van der Waals surface area (Å²) in [7, 11) is -4.23. The number of sulfonamides is 1. The van der Waals surface area contributed by atoms with Crippen LogP contribution in [0, 0.1) is 5.82 Å². The SMILES string of the molecule is O=C([O-])CCN(Cc1ccccc1)S(=O)(=O)c1ccc(Cl)cc1F. The summed E-state index contributed by atoms with van der Waals surface area (Å²) < 4.78 is 40.4. The van der Waals surface area contributed by atoms with Crippen molar-refractivity contribution in [3.8, 4) is 0 Å². The summed E-state index contributed by atoms with van der Waals surface area (Å²) in [5, 5.41) is 10.8. The van der Waals surface area contributed by atoms with E-state index in [2.05, 4.69) is 0 Å². The highest BCUT2D eigenvalue weighted by molar-refractivity contribution is 7.89. The summed E-state index contributed by atoms with van der Waals surface area (Å²) in [4.78, 5) is 10.2. The normalized spacial score (nSPS) is 11.6. The largest absolute Gasteiger partial charge is 0.550 e. The maximum absolute atomic E-state index is 14.0. The number of carboxylic acids is 1. The van der Waals surface area contributed by atoms with Crippen molar-refractivity contribution in [2.75, 3.05) is 6.54 Å². The summed E-state index contributed by atoms with van der Waals surface area (Å²) in [6, 6.07) is 11.8. The van der Waals surface area contributed by atoms with E-state index in [-0.39, 0.29) is 18.1 Å². The van der Waals surface area contributed by atoms with Gasteiger partial charge < -0.3 is 9.90 Å². The summed E-state index contributed by atoms with van der Waals surface area (Å²) >= 11 is 5.64. The topological polar surface area (TPSA) is 77.5 Å². The first-order valence-electron chi connectivity index (χ1n) is 6.99. The molecule has 0 amide bonds. The third-order valence-electron chi connectivity index (χ3n) is 3.28. The zero-order chi connectivity index (χ0) is 17.7. The summed E-state index contributed by atoms with van der Waals surface area (Å²) in [5.41, 5.74) is 0.647. The van der Waals surface area contributed by atoms with E-state index in [4.69, 9.17) is 11.6 Å². The van der Waals surface area contributed by atoms with Crippen LogP contribution >= 0.6 is 11.6 Å². The molecule has 0 heterocycles. The molecular formula is C16H14ClFNO4S-. The van der Waals surface area contributed by atoms with Gasteiger partial charge >= 0.3 is 0 Å². The molecule has 0 atom stereocenters. The molecule has 0 N–H and O–H groups in total. The van der Waals surface area contributed by atoms with Crippen LogP contribution in [-0.2, 0) is 21.4 Å². The van der Waals surface area contributed by atoms with Gasteiger partial charge in [0.25, 0.3) is 0 Å². The van der Waals surface area contributed by atoms with Crippen molar-refractivity contribution in [1.29, 1.82) is 0 Å². The molecule has 2 aromatic rings. The molecule has 0 spiro atoms. The molecule has 0 fully saturated rings. The van der Waals surface area contributed by atoms with E-state index in [1.807, 2.05) is 0 Å². The fourth-order valence-corrected chi connectivity index (χ4v) is 3.74. The Labute approximate surface area is 144 Å². The second kappa shape index (κ2) is 7.74. The van der Waals surface area contributed by atoms with Gasteiger partial charge in [-0.1, -0.05) is 41.9 Å². The minimum absolute atomic E-state index is 0.0656. The third kappa shape index (κ3) is 4.53. The molecule has 0 aromatic heterocycles. The number of hydrogen-bond acceptors (Lipinski definition) is 4. The van der Waals surface area contributed by atoms with Crippen LogP contribution < -0.4 is 5.11 Å². The van der Waals surface area contributed by atoms with Crippen LogP contribution in [0.25, 0.3) is 0 Å². The van der Waals surface area contributed by atoms with Crippen molar-refractivity contribution in [3.05, 3.63) is 64.9 Å². The molecule has 8 heteroatoms. The highest BCUT2D eigenvalue weighted by Gasteiger charge is 2.27. The van der Waals surface area contributed by atoms with Crippen molar-refractivity contribution >= 4 is 27.6 Å². The van der Waals surface area contributed by atoms with Gasteiger partial charge in [0.15, 0.2) is 0 Å². The first-order chi connectivity index (χ1) is 11.3. The number of carboxylic acid groups (broad SMARTS) is 1. The van der Waals surface area contributed by atoms with Gasteiger partial charge in [-0.2, -0.15) is 4.31 Å². The van der Waals surface area contributed by atoms with Crippen molar-refractivity contribution < 1.29 is 22.7 Å². The highest BCUT2D eigenvalue weighted by Crippen LogP contribution is 2.24. The van der Waals surface area contributed by atoms with Gasteiger partial charge in [0.1, 0.15) is 10.7 Å². The molecule has 0 bridgehead atoms. The number of rotatable bonds is 7. The predicted octanol–water partition coefficient (Wildman–Crippen LogP) is 1.81. The Bertz CT molecular complexity index is 827. The van der Waals surface area contributed by atoms with Crippen LogP contribution in [0.5, 0.6) is 0 Å². The van der Waals surface area contributed by atoms with Gasteiger partial charge in [-0.15, -0.1) is 0 Å². The number of nitrogens with zero attached hydrogens (tertiary/aromatic N) is 1. The molecule has 5 nitrogen and oxygen atoms in total. The van der Waals surface area contributed by atoms with Gasteiger partial charge in [0.05, 0.1) is 0 Å². The van der Waals surface area contributed by atoms with E-state index in [0.717, 1.165) is 16.4 Å². The van der Waals surface area contributed by atoms with E-state index >= 15 is 0 Å². The van der Waals surface area contributed by atoms with E-state index in [9.17, 15) is 22.7 Å². The molecule has 0 aliphatic heterocycles. The van der Waals surface area contributed by atoms with Gasteiger partial charge in [-0.25, -0.2) is 12.8 Å². The number of hydrogen-bond donors (Lipinski definition) is 0. The second-order valence-corrected chi connectivity index (χ2v) is 7.36. The molecule has 0 saturated heterocycles. The van der Waals surface area contributed by atoms with Crippen molar-refractivity contribution in [1.82, 2.24) is 4.31 Å². The molecule has 0 radical (unpaired) electrons. The number of aliphatic carboxylic acids is 1. The molecule has 0 unspecified atom stereocenters. The molecule has 2 aromatic carbocycles. The Morgan fingerprint density at radius 2 is 1.83 bits per heavy atom. The van der Waals surface area contributed by atoms with Crippen LogP contribution in [0.3, 0.4) is 0 Å². The zero-order valence-electron chi connectivity index (χ0n) is 12.5. The number of benzene rings is 2. The van der Waals surface area contributed by atoms with Gasteiger partial charge in [-0.3, -0.25) is 0 Å². The summed E-state index contributed by atoms with van der Waals surface area (Å²) in [5.74, 6) is -2.38. The maximum Gasteiger partial charge on any atom is 0.246 e. The van der Waals surface area contributed by atoms with E-state index in [0.29, 0.717) is 5.56 Å². The third-order valence-corrected chi connectivity index (χ3v) is 5.39. The van der Waals surface area contributed by atoms with E-state index < -0.39 is 33.1 Å². The smallest absolute Gasteiger partial charge is 0.246 e. The quantitative estimate of drug-likeness (QED) is 0.744. The second-order valence-electron chi connectivity index (χ2n) is 5.02. The summed E-state index contributed by atoms with van der Waals surface area (Å²) in [6.45, 7) is -0.417. The lowest BCUT2D eigenvalue weighted by Crippen LogP contribution is -2.35. The van der Waals surface area contributed by atoms with Crippen molar-refractivity contribution in [3.63, 3.8) is 0 Å². The predicted molar refractivity (Wildman–Crippen MR) is 85.1 cm³/mol. The molecule has 128 valence electrons. The Morgan fingerprint density at radius 1 is 1.17 bits per heavy atom. The van der Waals surface area contributed by atoms with Crippen LogP contribution in [-0.4, -0.2) is 25.2 Å². The van der Waals surface area contributed by atoms with Gasteiger partial charge in [0, 0.05) is 30.5 Å². The Hall–Kier alpha value is -1.96. The van der Waals surface area contributed by atoms with Crippen LogP contribution in [0.2, 0.25) is 5.02 Å². The molecule has 24 heavy (non-hydrogen) atoms. The Kier molecular flexibility index (Phi) is 5.93. The summed E-state index contributed by atoms with van der Waals surface area (Å²) in [6.07, 6.45) is -0.499. The van der Waals surface area contributed by atoms with Crippen molar-refractivity contribution in [2.45, 2.75) is 17.9 Å². The van der Waals surface area contributed by atoms with Gasteiger partial charge in [0.2, 0.25) is 10.0 Å². The number of carbonyl (C=O) groups is 1. The average molecular weight is 371 g/mol. The van der Waals surface area contributed by atoms with Crippen LogP contribution in [0.1, 0.15) is 12.0 Å². The zero-order valence-corrected chi connectivity index (χ0v) is 14.1. The first kappa shape index (κ1) is 18.4. The molecule has 2 rings (SSSR count). The number of halogens is 2. The Morgan fingerprint density at radius 3 is 2.42 bits per heavy atom. The van der Waals surface area contributed by atoms with E-state index in [1.165, 1.54) is 6.07 Å². The lowest BCUT2D eigenvalue weighted by molar-refractivity contribution is -0.305. The molecule has 0 aliphatic rings. The molecule has 0 saturated carbocycles. The van der Waals surface area contributed by atoms with E-state index in [1.54, 1.807) is 30.3 Å². The number of carbonyl (C=O) groups excluding carboxylic acids is 1. The van der Waals surface area contributed by atoms with Crippen LogP contribution in [0.4, 0.5) is 4.39 Å². The standard InChI is InChI=1S/C16H15ClFNO4S/c17-13-6-7-15(14(18)10-13)24(22,23)19(9-8-16(20)21)11-12-4-2-1-3-5-12/h1-7,10H,8-9,11H2,(H,20,21)/p-1. The molecular weight excluding hydrogens is 357 g/mol. The average Bonchev–Trinajstić information content (AvgIpc) is 2.51. The monoisotopic (exact) mass is 370 g/mol. The first-order valence-corrected chi connectivity index (χ1v) is 8.81. The Balaban J connectivity index is 2.38. The highest BCUT2D eigenvalue weighted by atomic mass is 35.5. The fourth-order valence-electron chi connectivity index (χ4n) is 2.11. The maximum atomic E-state index is 14.0. The fraction of sp³-hybridized carbons (Fsp3) is 0.188. The van der Waals surface area contributed by atoms with Gasteiger partial charge in [-0.05, 0) is 23.8 Å². The minimum Gasteiger partial charge on any atom is -0.550 e. The lowest BCUT2D eigenvalue weighted by Gasteiger charge is -2.23. The molecule has 0 aliphatic carbocycles. The van der Waals surface area contributed by atoms with Crippen LogP contribution in [0.15, 0.2) is 53.4 Å².